The van der Waals surface area contributed by atoms with Crippen LogP contribution in [0.1, 0.15) is 34.6 Å². The molecule has 0 fully saturated rings. The van der Waals surface area contributed by atoms with Crippen molar-refractivity contribution in [3.8, 4) is 0 Å². The zero-order valence-electron chi connectivity index (χ0n) is 13.6. The molecule has 0 rings (SSSR count). The summed E-state index contributed by atoms with van der Waals surface area (Å²) < 4.78 is 23.8. The maximum absolute atomic E-state index is 13.1. The van der Waals surface area contributed by atoms with Gasteiger partial charge in [-0.2, -0.15) is 0 Å². The maximum atomic E-state index is 13.1. The van der Waals surface area contributed by atoms with Crippen molar-refractivity contribution < 1.29 is 18.4 Å². The fraction of sp³-hybridized carbons (Fsp3) is 0.923. The molecular weight excluding hydrogens is 324 g/mol. The number of carbonyl (C=O) groups excluding carboxylic acids is 1. The Hall–Kier alpha value is 0.363. The van der Waals surface area contributed by atoms with Gasteiger partial charge in [-0.05, 0) is 0 Å². The Morgan fingerprint density at radius 1 is 1.16 bits per heavy atom. The van der Waals surface area contributed by atoms with E-state index in [4.69, 9.17) is 9.05 Å². The molecule has 0 saturated carbocycles. The van der Waals surface area contributed by atoms with E-state index in [1.54, 1.807) is 20.8 Å². The van der Waals surface area contributed by atoms with Crippen molar-refractivity contribution in [2.45, 2.75) is 61.8 Å². The zero-order chi connectivity index (χ0) is 15.5. The van der Waals surface area contributed by atoms with Crippen LogP contribution < -0.4 is 0 Å². The molecule has 0 heterocycles. The average Bonchev–Trinajstić information content (AvgIpc) is 2.13. The molecule has 0 aliphatic heterocycles. The fourth-order valence-corrected chi connectivity index (χ4v) is 15.0. The molecule has 114 valence electrons. The van der Waals surface area contributed by atoms with Crippen LogP contribution in [0.4, 0.5) is 0 Å². The minimum absolute atomic E-state index is 0.0946. The summed E-state index contributed by atoms with van der Waals surface area (Å²) in [5.41, 5.74) is 0. The summed E-state index contributed by atoms with van der Waals surface area (Å²) >= 11 is -2.37. The van der Waals surface area contributed by atoms with Gasteiger partial charge in [-0.25, -0.2) is 0 Å². The second-order valence-corrected chi connectivity index (χ2v) is 20.2. The molecule has 0 aliphatic rings. The Kier molecular flexibility index (Phi) is 7.01. The van der Waals surface area contributed by atoms with Crippen molar-refractivity contribution in [2.24, 2.45) is 0 Å². The van der Waals surface area contributed by atoms with E-state index in [0.717, 1.165) is 0 Å². The second-order valence-electron chi connectivity index (χ2n) is 6.40. The number of Topliss-reactive ketones (excluding diaryl/α,β-unsaturated/α-hetero) is 1. The fourth-order valence-electron chi connectivity index (χ4n) is 3.03. The number of carbonyl (C=O) groups is 1. The zero-order valence-corrected chi connectivity index (χ0v) is 16.6. The number of hydrogen-bond acceptors (Lipinski definition) is 4. The molecule has 4 nitrogen and oxygen atoms in total. The molecule has 0 spiro atoms. The van der Waals surface area contributed by atoms with Crippen molar-refractivity contribution >= 4 is 26.6 Å². The van der Waals surface area contributed by atoms with E-state index in [1.165, 1.54) is 0 Å². The number of hydrogen-bond donors (Lipinski definition) is 0. The summed E-state index contributed by atoms with van der Waals surface area (Å²) in [6.45, 7) is 9.52. The van der Waals surface area contributed by atoms with Gasteiger partial charge in [-0.15, -0.1) is 0 Å². The van der Waals surface area contributed by atoms with Crippen LogP contribution >= 0.6 is 7.60 Å². The van der Waals surface area contributed by atoms with E-state index in [0.29, 0.717) is 13.2 Å². The molecule has 19 heavy (non-hydrogen) atoms. The van der Waals surface area contributed by atoms with E-state index >= 15 is 0 Å². The average molecular weight is 353 g/mol. The summed E-state index contributed by atoms with van der Waals surface area (Å²) in [6.07, 6.45) is 0. The first-order valence-electron chi connectivity index (χ1n) is 6.83. The third-order valence-electron chi connectivity index (χ3n) is 3.28. The summed E-state index contributed by atoms with van der Waals surface area (Å²) in [5.74, 6) is 6.58. The van der Waals surface area contributed by atoms with Crippen LogP contribution in [0.2, 0.25) is 22.0 Å². The Morgan fingerprint density at radius 2 is 1.53 bits per heavy atom. The van der Waals surface area contributed by atoms with Crippen LogP contribution in [0, 0.1) is 0 Å². The predicted octanol–water partition coefficient (Wildman–Crippen LogP) is 4.33. The Balaban J connectivity index is 5.74. The van der Waals surface area contributed by atoms with Gasteiger partial charge in [0.1, 0.15) is 0 Å². The molecule has 0 aliphatic carbocycles. The molecule has 0 N–H and O–H groups in total. The first-order valence-corrected chi connectivity index (χ1v) is 15.9. The normalized spacial score (nSPS) is 15.4. The molecule has 0 bridgehead atoms. The Bertz CT molecular complexity index is 350. The second kappa shape index (κ2) is 6.88. The monoisotopic (exact) mass is 354 g/mol. The van der Waals surface area contributed by atoms with E-state index in [-0.39, 0.29) is 10.5 Å². The van der Waals surface area contributed by atoms with Gasteiger partial charge < -0.3 is 0 Å². The van der Waals surface area contributed by atoms with Crippen molar-refractivity contribution in [1.29, 1.82) is 0 Å². The van der Waals surface area contributed by atoms with E-state index in [1.807, 2.05) is 13.8 Å². The van der Waals surface area contributed by atoms with E-state index in [9.17, 15) is 9.36 Å². The summed E-state index contributed by atoms with van der Waals surface area (Å²) in [4.78, 5) is 12.1. The van der Waals surface area contributed by atoms with E-state index in [2.05, 4.69) is 17.3 Å². The standard InChI is InChI=1S/C13H29GeO4P/c1-9-17-19(16,18-10-2)13(4,5)12(11(3)15)14(6,7)8/h12H,9-10H2,1-8H3. The molecule has 0 amide bonds. The number of rotatable bonds is 8. The van der Waals surface area contributed by atoms with Gasteiger partial charge >= 0.3 is 120 Å². The third-order valence-corrected chi connectivity index (χ3v) is 12.7. The Morgan fingerprint density at radius 3 is 1.74 bits per heavy atom. The van der Waals surface area contributed by atoms with E-state index < -0.39 is 26.0 Å². The topological polar surface area (TPSA) is 52.6 Å². The minimum atomic E-state index is -3.30. The van der Waals surface area contributed by atoms with Gasteiger partial charge in [-0.3, -0.25) is 0 Å². The van der Waals surface area contributed by atoms with Gasteiger partial charge in [0.15, 0.2) is 0 Å². The molecule has 0 aromatic rings. The predicted molar refractivity (Wildman–Crippen MR) is 82.7 cm³/mol. The van der Waals surface area contributed by atoms with Crippen molar-refractivity contribution in [3.05, 3.63) is 0 Å². The van der Waals surface area contributed by atoms with Crippen molar-refractivity contribution in [1.82, 2.24) is 0 Å². The molecule has 0 saturated heterocycles. The van der Waals surface area contributed by atoms with Crippen molar-refractivity contribution in [2.75, 3.05) is 13.2 Å². The van der Waals surface area contributed by atoms with Gasteiger partial charge in [0.05, 0.1) is 0 Å². The Labute approximate surface area is 120 Å². The molecule has 0 radical (unpaired) electrons. The molecule has 1 atom stereocenters. The first-order chi connectivity index (χ1) is 8.44. The number of ketones is 1. The quantitative estimate of drug-likeness (QED) is 0.482. The SMILES string of the molecule is CCOP(=O)(OCC)C(C)(C)[CH](C(C)=O)[Ge]([CH3])([CH3])[CH3]. The van der Waals surface area contributed by atoms with Crippen LogP contribution in [0.5, 0.6) is 0 Å². The first kappa shape index (κ1) is 19.4. The van der Waals surface area contributed by atoms with Gasteiger partial charge in [0.25, 0.3) is 0 Å². The van der Waals surface area contributed by atoms with Crippen LogP contribution in [-0.2, 0) is 18.4 Å². The molecule has 0 aromatic carbocycles. The summed E-state index contributed by atoms with van der Waals surface area (Å²) in [6, 6.07) is 0. The molecular formula is C13H29GeO4P. The van der Waals surface area contributed by atoms with Crippen LogP contribution in [0.25, 0.3) is 0 Å². The molecule has 6 heteroatoms. The van der Waals surface area contributed by atoms with Crippen LogP contribution in [0.15, 0.2) is 0 Å². The van der Waals surface area contributed by atoms with Crippen LogP contribution in [0.3, 0.4) is 0 Å². The molecule has 0 aromatic heterocycles. The van der Waals surface area contributed by atoms with Crippen molar-refractivity contribution in [3.63, 3.8) is 0 Å². The molecule has 1 unspecified atom stereocenters. The third kappa shape index (κ3) is 4.42. The summed E-state index contributed by atoms with van der Waals surface area (Å²) in [7, 11) is -3.30. The van der Waals surface area contributed by atoms with Crippen LogP contribution in [-0.4, -0.2) is 37.4 Å². The van der Waals surface area contributed by atoms with Gasteiger partial charge in [0, 0.05) is 0 Å². The van der Waals surface area contributed by atoms with Gasteiger partial charge in [-0.1, -0.05) is 0 Å². The summed E-state index contributed by atoms with van der Waals surface area (Å²) in [5, 5.41) is -0.775. The van der Waals surface area contributed by atoms with Gasteiger partial charge in [0.2, 0.25) is 0 Å².